The highest BCUT2D eigenvalue weighted by atomic mass is 16.5. The van der Waals surface area contributed by atoms with E-state index in [0.717, 1.165) is 22.4 Å². The molecule has 1 N–H and O–H groups in total. The first-order chi connectivity index (χ1) is 16.3. The standard InChI is InChI=1S/C26H23N5O3/c1-15-6-5-7-16(2)25(15)34-22-13-30(3)23(32)9-18(22)20-12-31(4)26(33)24-19(20)8-21(29-24)17-10-27-14-28-11-17/h5-14,29H,1-4H3. The summed E-state index contributed by atoms with van der Waals surface area (Å²) in [5.41, 5.74) is 4.80. The number of pyridine rings is 2. The molecule has 4 heterocycles. The van der Waals surface area contributed by atoms with Gasteiger partial charge in [0.15, 0.2) is 5.75 Å². The highest BCUT2D eigenvalue weighted by Crippen LogP contribution is 2.38. The van der Waals surface area contributed by atoms with Gasteiger partial charge in [-0.05, 0) is 31.0 Å². The maximum Gasteiger partial charge on any atom is 0.274 e. The molecule has 0 saturated carbocycles. The third-order valence-electron chi connectivity index (χ3n) is 5.94. The van der Waals surface area contributed by atoms with Gasteiger partial charge in [-0.25, -0.2) is 9.97 Å². The van der Waals surface area contributed by atoms with E-state index >= 15 is 0 Å². The molecule has 4 aromatic heterocycles. The van der Waals surface area contributed by atoms with Crippen molar-refractivity contribution in [1.29, 1.82) is 0 Å². The molecule has 0 saturated heterocycles. The number of nitrogens with one attached hydrogen (secondary N) is 1. The number of aromatic nitrogens is 5. The lowest BCUT2D eigenvalue weighted by Crippen LogP contribution is -2.18. The van der Waals surface area contributed by atoms with Crippen LogP contribution in [0.1, 0.15) is 11.1 Å². The van der Waals surface area contributed by atoms with Gasteiger partial charge in [-0.1, -0.05) is 18.2 Å². The second-order valence-corrected chi connectivity index (χ2v) is 8.38. The Morgan fingerprint density at radius 1 is 0.912 bits per heavy atom. The quantitative estimate of drug-likeness (QED) is 0.442. The number of H-pyrrole nitrogens is 1. The average molecular weight is 454 g/mol. The highest BCUT2D eigenvalue weighted by molar-refractivity contribution is 5.98. The predicted octanol–water partition coefficient (Wildman–Crippen LogP) is 4.10. The molecular formula is C26H23N5O3. The number of ether oxygens (including phenoxy) is 1. The third kappa shape index (κ3) is 3.59. The summed E-state index contributed by atoms with van der Waals surface area (Å²) in [6.07, 6.45) is 8.22. The molecule has 5 aromatic rings. The van der Waals surface area contributed by atoms with Gasteiger partial charge >= 0.3 is 0 Å². The fourth-order valence-corrected chi connectivity index (χ4v) is 4.11. The van der Waals surface area contributed by atoms with E-state index in [1.807, 2.05) is 38.1 Å². The van der Waals surface area contributed by atoms with Crippen molar-refractivity contribution in [2.45, 2.75) is 13.8 Å². The summed E-state index contributed by atoms with van der Waals surface area (Å²) in [5.74, 6) is 1.25. The Balaban J connectivity index is 1.78. The van der Waals surface area contributed by atoms with E-state index < -0.39 is 0 Å². The van der Waals surface area contributed by atoms with E-state index in [4.69, 9.17) is 4.74 Å². The first-order valence-corrected chi connectivity index (χ1v) is 10.8. The van der Waals surface area contributed by atoms with Crippen molar-refractivity contribution in [1.82, 2.24) is 24.1 Å². The molecule has 8 nitrogen and oxygen atoms in total. The smallest absolute Gasteiger partial charge is 0.274 e. The van der Waals surface area contributed by atoms with Crippen LogP contribution in [0.4, 0.5) is 0 Å². The van der Waals surface area contributed by atoms with Crippen molar-refractivity contribution in [2.24, 2.45) is 14.1 Å². The Labute approximate surface area is 195 Å². The topological polar surface area (TPSA) is 94.8 Å². The lowest BCUT2D eigenvalue weighted by Gasteiger charge is -2.17. The number of hydrogen-bond acceptors (Lipinski definition) is 5. The predicted molar refractivity (Wildman–Crippen MR) is 131 cm³/mol. The maximum atomic E-state index is 12.9. The van der Waals surface area contributed by atoms with Crippen molar-refractivity contribution >= 4 is 10.9 Å². The molecule has 0 radical (unpaired) electrons. The second-order valence-electron chi connectivity index (χ2n) is 8.38. The molecule has 8 heteroatoms. The highest BCUT2D eigenvalue weighted by Gasteiger charge is 2.19. The molecule has 170 valence electrons. The SMILES string of the molecule is Cc1cccc(C)c1Oc1cn(C)c(=O)cc1-c1cn(C)c(=O)c2[nH]c(-c3cncnc3)cc12. The van der Waals surface area contributed by atoms with Crippen LogP contribution < -0.4 is 15.9 Å². The van der Waals surface area contributed by atoms with Crippen molar-refractivity contribution in [2.75, 3.05) is 0 Å². The van der Waals surface area contributed by atoms with E-state index in [1.54, 1.807) is 44.9 Å². The summed E-state index contributed by atoms with van der Waals surface area (Å²) < 4.78 is 9.38. The van der Waals surface area contributed by atoms with Gasteiger partial charge in [0.2, 0.25) is 0 Å². The van der Waals surface area contributed by atoms with E-state index in [-0.39, 0.29) is 11.1 Å². The summed E-state index contributed by atoms with van der Waals surface area (Å²) in [7, 11) is 3.37. The maximum absolute atomic E-state index is 12.9. The summed E-state index contributed by atoms with van der Waals surface area (Å²) in [6.45, 7) is 3.96. The number of aryl methyl sites for hydroxylation is 4. The minimum Gasteiger partial charge on any atom is -0.455 e. The Hall–Kier alpha value is -4.46. The number of aromatic amines is 1. The molecule has 0 aliphatic heterocycles. The van der Waals surface area contributed by atoms with Crippen LogP contribution in [0.15, 0.2) is 71.0 Å². The Kier molecular flexibility index (Phi) is 5.13. The minimum atomic E-state index is -0.182. The lowest BCUT2D eigenvalue weighted by atomic mass is 10.0. The molecule has 0 spiro atoms. The van der Waals surface area contributed by atoms with Crippen LogP contribution in [0.5, 0.6) is 11.5 Å². The van der Waals surface area contributed by atoms with Gasteiger partial charge in [-0.2, -0.15) is 0 Å². The van der Waals surface area contributed by atoms with Crippen LogP contribution in [-0.2, 0) is 14.1 Å². The largest absolute Gasteiger partial charge is 0.455 e. The zero-order valence-corrected chi connectivity index (χ0v) is 19.3. The third-order valence-corrected chi connectivity index (χ3v) is 5.94. The first-order valence-electron chi connectivity index (χ1n) is 10.8. The van der Waals surface area contributed by atoms with Crippen LogP contribution in [0.25, 0.3) is 33.3 Å². The molecular weight excluding hydrogens is 430 g/mol. The monoisotopic (exact) mass is 453 g/mol. The van der Waals surface area contributed by atoms with Crippen LogP contribution in [0.3, 0.4) is 0 Å². The number of benzene rings is 1. The number of para-hydroxylation sites is 1. The fourth-order valence-electron chi connectivity index (χ4n) is 4.11. The van der Waals surface area contributed by atoms with E-state index in [0.29, 0.717) is 33.5 Å². The fraction of sp³-hybridized carbons (Fsp3) is 0.154. The van der Waals surface area contributed by atoms with Crippen LogP contribution in [0, 0.1) is 13.8 Å². The molecule has 0 aliphatic rings. The molecule has 0 amide bonds. The summed E-state index contributed by atoms with van der Waals surface area (Å²) in [5, 5.41) is 0.682. The van der Waals surface area contributed by atoms with Crippen LogP contribution in [-0.4, -0.2) is 24.1 Å². The molecule has 0 unspecified atom stereocenters. The number of rotatable bonds is 4. The first kappa shape index (κ1) is 21.4. The summed E-state index contributed by atoms with van der Waals surface area (Å²) in [4.78, 5) is 37.0. The van der Waals surface area contributed by atoms with Gasteiger partial charge in [0.25, 0.3) is 11.1 Å². The number of hydrogen-bond donors (Lipinski definition) is 1. The van der Waals surface area contributed by atoms with Gasteiger partial charge in [0.1, 0.15) is 17.6 Å². The minimum absolute atomic E-state index is 0.178. The van der Waals surface area contributed by atoms with Crippen molar-refractivity contribution in [3.63, 3.8) is 0 Å². The molecule has 0 aliphatic carbocycles. The van der Waals surface area contributed by atoms with Crippen LogP contribution in [0.2, 0.25) is 0 Å². The van der Waals surface area contributed by atoms with Gasteiger partial charge in [0.05, 0.1) is 6.20 Å². The Morgan fingerprint density at radius 3 is 2.32 bits per heavy atom. The molecule has 1 aromatic carbocycles. The van der Waals surface area contributed by atoms with Gasteiger partial charge in [-0.3, -0.25) is 9.59 Å². The van der Waals surface area contributed by atoms with Crippen molar-refractivity contribution in [3.05, 3.63) is 93.3 Å². The van der Waals surface area contributed by atoms with Gasteiger partial charge in [-0.15, -0.1) is 0 Å². The lowest BCUT2D eigenvalue weighted by molar-refractivity contribution is 0.470. The number of fused-ring (bicyclic) bond motifs is 1. The molecule has 34 heavy (non-hydrogen) atoms. The molecule has 5 rings (SSSR count). The van der Waals surface area contributed by atoms with E-state index in [9.17, 15) is 9.59 Å². The Morgan fingerprint density at radius 2 is 1.62 bits per heavy atom. The summed E-state index contributed by atoms with van der Waals surface area (Å²) >= 11 is 0. The van der Waals surface area contributed by atoms with Crippen molar-refractivity contribution < 1.29 is 4.74 Å². The summed E-state index contributed by atoms with van der Waals surface area (Å²) in [6, 6.07) is 9.36. The number of nitrogens with zero attached hydrogens (tertiary/aromatic N) is 4. The Bertz CT molecular complexity index is 1640. The second kappa shape index (κ2) is 8.15. The molecule has 0 bridgehead atoms. The van der Waals surface area contributed by atoms with E-state index in [2.05, 4.69) is 15.0 Å². The average Bonchev–Trinajstić information content (AvgIpc) is 3.27. The van der Waals surface area contributed by atoms with Gasteiger partial charge < -0.3 is 18.9 Å². The molecule has 0 atom stereocenters. The van der Waals surface area contributed by atoms with E-state index in [1.165, 1.54) is 15.5 Å². The van der Waals surface area contributed by atoms with Gasteiger partial charge in [0, 0.05) is 66.5 Å². The zero-order valence-electron chi connectivity index (χ0n) is 19.3. The zero-order chi connectivity index (χ0) is 24.0. The molecule has 0 fully saturated rings. The van der Waals surface area contributed by atoms with Crippen molar-refractivity contribution in [3.8, 4) is 33.9 Å². The van der Waals surface area contributed by atoms with Crippen LogP contribution >= 0.6 is 0 Å². The normalized spacial score (nSPS) is 11.2.